The lowest BCUT2D eigenvalue weighted by Crippen LogP contribution is -2.27. The molecule has 0 N–H and O–H groups in total. The highest BCUT2D eigenvalue weighted by atomic mass is 19.4. The Morgan fingerprint density at radius 2 is 1.36 bits per heavy atom. The van der Waals surface area contributed by atoms with Gasteiger partial charge in [0.15, 0.2) is 11.5 Å². The predicted molar refractivity (Wildman–Crippen MR) is 108 cm³/mol. The van der Waals surface area contributed by atoms with Crippen molar-refractivity contribution in [1.82, 2.24) is 14.4 Å². The van der Waals surface area contributed by atoms with Crippen LogP contribution in [0.15, 0.2) is 67.1 Å². The highest BCUT2D eigenvalue weighted by Gasteiger charge is 2.31. The average Bonchev–Trinajstić information content (AvgIpc) is 3.20. The zero-order chi connectivity index (χ0) is 24.0. The fraction of sp³-hybridized carbons (Fsp3) is 0.136. The quantitative estimate of drug-likeness (QED) is 0.365. The number of alkyl halides is 6. The van der Waals surface area contributed by atoms with E-state index < -0.39 is 29.4 Å². The van der Waals surface area contributed by atoms with Gasteiger partial charge in [0.1, 0.15) is 0 Å². The maximum Gasteiger partial charge on any atom is 0.416 e. The minimum absolute atomic E-state index is 0.0287. The molecule has 33 heavy (non-hydrogen) atoms. The van der Waals surface area contributed by atoms with Crippen LogP contribution in [0.3, 0.4) is 0 Å². The molecule has 4 rings (SSSR count). The molecule has 0 bridgehead atoms. The van der Waals surface area contributed by atoms with Gasteiger partial charge in [0.05, 0.1) is 35.4 Å². The number of hydrogen-bond donors (Lipinski definition) is 0. The number of benzene rings is 2. The van der Waals surface area contributed by atoms with Gasteiger partial charge in [-0.15, -0.1) is 0 Å². The van der Waals surface area contributed by atoms with Crippen molar-refractivity contribution < 1.29 is 31.1 Å². The molecule has 0 unspecified atom stereocenters. The molecule has 5 nitrogen and oxygen atoms in total. The number of fused-ring (bicyclic) bond motifs is 1. The summed E-state index contributed by atoms with van der Waals surface area (Å²) in [6.07, 6.45) is -4.68. The van der Waals surface area contributed by atoms with E-state index in [1.54, 1.807) is 4.40 Å². The van der Waals surface area contributed by atoms with Crippen molar-refractivity contribution in [2.75, 3.05) is 11.9 Å². The molecule has 4 aromatic rings. The van der Waals surface area contributed by atoms with Gasteiger partial charge in [0, 0.05) is 18.2 Å². The summed E-state index contributed by atoms with van der Waals surface area (Å²) in [6.45, 7) is 0. The third kappa shape index (κ3) is 4.38. The Morgan fingerprint density at radius 3 is 1.91 bits per heavy atom. The number of anilines is 1. The molecular weight excluding hydrogens is 450 g/mol. The van der Waals surface area contributed by atoms with E-state index in [-0.39, 0.29) is 11.4 Å². The molecule has 0 aliphatic carbocycles. The molecule has 1 amide bonds. The van der Waals surface area contributed by atoms with E-state index in [2.05, 4.69) is 9.97 Å². The molecule has 170 valence electrons. The Morgan fingerprint density at radius 1 is 0.818 bits per heavy atom. The Labute approximate surface area is 182 Å². The van der Waals surface area contributed by atoms with Crippen molar-refractivity contribution in [2.24, 2.45) is 0 Å². The number of amides is 1. The van der Waals surface area contributed by atoms with E-state index in [0.29, 0.717) is 16.9 Å². The van der Waals surface area contributed by atoms with Gasteiger partial charge in [-0.2, -0.15) is 26.3 Å². The van der Waals surface area contributed by atoms with Crippen LogP contribution in [-0.2, 0) is 12.4 Å². The van der Waals surface area contributed by atoms with E-state index in [1.807, 2.05) is 0 Å². The van der Waals surface area contributed by atoms with Crippen LogP contribution in [0, 0.1) is 0 Å². The largest absolute Gasteiger partial charge is 0.416 e. The summed E-state index contributed by atoms with van der Waals surface area (Å²) < 4.78 is 78.3. The molecule has 0 aliphatic heterocycles. The molecule has 0 fully saturated rings. The van der Waals surface area contributed by atoms with Crippen LogP contribution >= 0.6 is 0 Å². The molecule has 2 aromatic heterocycles. The Bertz CT molecular complexity index is 1310. The summed E-state index contributed by atoms with van der Waals surface area (Å²) in [7, 11) is 1.41. The van der Waals surface area contributed by atoms with E-state index >= 15 is 0 Å². The van der Waals surface area contributed by atoms with Crippen LogP contribution in [0.2, 0.25) is 0 Å². The monoisotopic (exact) mass is 464 g/mol. The first kappa shape index (κ1) is 22.3. The first-order valence-electron chi connectivity index (χ1n) is 9.41. The second-order valence-electron chi connectivity index (χ2n) is 7.13. The molecule has 0 spiro atoms. The Hall–Kier alpha value is -3.89. The summed E-state index contributed by atoms with van der Waals surface area (Å²) >= 11 is 0. The Balaban J connectivity index is 1.64. The van der Waals surface area contributed by atoms with Gasteiger partial charge in [0.2, 0.25) is 0 Å². The maximum absolute atomic E-state index is 12.8. The zero-order valence-corrected chi connectivity index (χ0v) is 16.8. The first-order chi connectivity index (χ1) is 15.4. The Kier molecular flexibility index (Phi) is 5.35. The number of carbonyl (C=O) groups excluding carboxylic acids is 1. The van der Waals surface area contributed by atoms with Crippen molar-refractivity contribution >= 4 is 17.4 Å². The molecule has 0 atom stereocenters. The summed E-state index contributed by atoms with van der Waals surface area (Å²) in [5.41, 5.74) is -0.308. The molecule has 2 heterocycles. The van der Waals surface area contributed by atoms with Gasteiger partial charge < -0.3 is 0 Å². The van der Waals surface area contributed by atoms with Crippen LogP contribution in [0.25, 0.3) is 16.9 Å². The second-order valence-corrected chi connectivity index (χ2v) is 7.13. The fourth-order valence-electron chi connectivity index (χ4n) is 3.20. The molecular formula is C22H14F6N4O. The standard InChI is InChI=1S/C22H14F6N4O/c1-31(20(33)14-4-8-16(9-5-14)22(26,27)28)19-12-32-17(10-29-18(32)11-30-19)13-2-6-15(7-3-13)21(23,24)25/h2-12H,1H3. The van der Waals surface area contributed by atoms with Crippen LogP contribution in [0.4, 0.5) is 32.2 Å². The molecule has 0 saturated carbocycles. The minimum Gasteiger partial charge on any atom is -0.295 e. The smallest absolute Gasteiger partial charge is 0.295 e. The van der Waals surface area contributed by atoms with Gasteiger partial charge in [0.25, 0.3) is 5.91 Å². The van der Waals surface area contributed by atoms with Gasteiger partial charge >= 0.3 is 12.4 Å². The lowest BCUT2D eigenvalue weighted by molar-refractivity contribution is -0.138. The normalized spacial score (nSPS) is 12.2. The van der Waals surface area contributed by atoms with E-state index in [9.17, 15) is 31.1 Å². The van der Waals surface area contributed by atoms with Crippen molar-refractivity contribution in [3.8, 4) is 11.3 Å². The van der Waals surface area contributed by atoms with Gasteiger partial charge in [-0.25, -0.2) is 9.97 Å². The summed E-state index contributed by atoms with van der Waals surface area (Å²) in [5.74, 6) is -0.426. The van der Waals surface area contributed by atoms with Gasteiger partial charge in [-0.05, 0) is 36.4 Å². The first-order valence-corrected chi connectivity index (χ1v) is 9.41. The maximum atomic E-state index is 12.8. The molecule has 2 aromatic carbocycles. The van der Waals surface area contributed by atoms with Crippen molar-refractivity contribution in [2.45, 2.75) is 12.4 Å². The fourth-order valence-corrected chi connectivity index (χ4v) is 3.20. The topological polar surface area (TPSA) is 50.5 Å². The van der Waals surface area contributed by atoms with E-state index in [0.717, 1.165) is 41.3 Å². The SMILES string of the molecule is CN(C(=O)c1ccc(C(F)(F)F)cc1)c1cn2c(-c3ccc(C(F)(F)F)cc3)cnc2cn1. The highest BCUT2D eigenvalue weighted by molar-refractivity contribution is 6.05. The minimum atomic E-state index is -4.52. The van der Waals surface area contributed by atoms with Crippen LogP contribution in [-0.4, -0.2) is 27.3 Å². The van der Waals surface area contributed by atoms with Gasteiger partial charge in [-0.3, -0.25) is 14.1 Å². The number of nitrogens with zero attached hydrogens (tertiary/aromatic N) is 4. The van der Waals surface area contributed by atoms with Crippen molar-refractivity contribution in [3.05, 3.63) is 83.8 Å². The summed E-state index contributed by atoms with van der Waals surface area (Å²) in [5, 5.41) is 0. The lowest BCUT2D eigenvalue weighted by Gasteiger charge is -2.17. The molecule has 0 aliphatic rings. The van der Waals surface area contributed by atoms with Crippen LogP contribution in [0.1, 0.15) is 21.5 Å². The number of carbonyl (C=O) groups is 1. The van der Waals surface area contributed by atoms with Crippen LogP contribution < -0.4 is 4.90 Å². The third-order valence-corrected chi connectivity index (χ3v) is 5.00. The number of rotatable bonds is 3. The van der Waals surface area contributed by atoms with Crippen molar-refractivity contribution in [1.29, 1.82) is 0 Å². The zero-order valence-electron chi connectivity index (χ0n) is 16.8. The third-order valence-electron chi connectivity index (χ3n) is 5.00. The second kappa shape index (κ2) is 7.91. The molecule has 11 heteroatoms. The summed E-state index contributed by atoms with van der Waals surface area (Å²) in [4.78, 5) is 22.2. The van der Waals surface area contributed by atoms with E-state index in [1.165, 1.54) is 37.8 Å². The average molecular weight is 464 g/mol. The number of aromatic nitrogens is 3. The summed E-state index contributed by atoms with van der Waals surface area (Å²) in [6, 6.07) is 8.31. The van der Waals surface area contributed by atoms with Gasteiger partial charge in [-0.1, -0.05) is 12.1 Å². The highest BCUT2D eigenvalue weighted by Crippen LogP contribution is 2.32. The van der Waals surface area contributed by atoms with E-state index in [4.69, 9.17) is 0 Å². The molecule has 0 radical (unpaired) electrons. The number of imidazole rings is 1. The molecule has 0 saturated heterocycles. The number of halogens is 6. The van der Waals surface area contributed by atoms with Crippen molar-refractivity contribution in [3.63, 3.8) is 0 Å². The van der Waals surface area contributed by atoms with Crippen LogP contribution in [0.5, 0.6) is 0 Å². The number of hydrogen-bond acceptors (Lipinski definition) is 3. The predicted octanol–water partition coefficient (Wildman–Crippen LogP) is 5.71. The lowest BCUT2D eigenvalue weighted by atomic mass is 10.1.